The zero-order valence-corrected chi connectivity index (χ0v) is 11.4. The number of carbonyl (C=O) groups excluding carboxylic acids is 2. The molecule has 1 amide bonds. The van der Waals surface area contributed by atoms with E-state index in [2.05, 4.69) is 33.0 Å². The third kappa shape index (κ3) is 7.43. The number of hydrogen-bond acceptors (Lipinski definition) is 2. The second-order valence-electron chi connectivity index (χ2n) is 5.97. The van der Waals surface area contributed by atoms with Gasteiger partial charge >= 0.3 is 0 Å². The number of Topliss-reactive ketones (excluding diaryl/α,β-unsaturated/α-hetero) is 1. The predicted octanol–water partition coefficient (Wildman–Crippen LogP) is 2.54. The van der Waals surface area contributed by atoms with Crippen molar-refractivity contribution in [3.05, 3.63) is 0 Å². The van der Waals surface area contributed by atoms with Crippen LogP contribution in [0.1, 0.15) is 54.4 Å². The Morgan fingerprint density at radius 2 is 1.69 bits per heavy atom. The van der Waals surface area contributed by atoms with Crippen molar-refractivity contribution in [2.45, 2.75) is 60.4 Å². The SMILES string of the molecule is CC(=O)C(C)NC(=O)CC(C)CC(C)(C)C. The summed E-state index contributed by atoms with van der Waals surface area (Å²) in [6, 6.07) is -0.366. The number of ketones is 1. The van der Waals surface area contributed by atoms with Crippen LogP contribution in [0.4, 0.5) is 0 Å². The molecule has 3 heteroatoms. The summed E-state index contributed by atoms with van der Waals surface area (Å²) in [4.78, 5) is 22.6. The molecule has 2 atom stereocenters. The molecule has 0 aliphatic carbocycles. The first kappa shape index (κ1) is 15.1. The van der Waals surface area contributed by atoms with Crippen molar-refractivity contribution in [1.29, 1.82) is 0 Å². The third-order valence-corrected chi connectivity index (χ3v) is 2.48. The Labute approximate surface area is 99.0 Å². The van der Waals surface area contributed by atoms with E-state index in [1.54, 1.807) is 6.92 Å². The molecule has 0 fully saturated rings. The molecule has 0 spiro atoms. The maximum absolute atomic E-state index is 11.6. The Kier molecular flexibility index (Phi) is 5.70. The van der Waals surface area contributed by atoms with Crippen molar-refractivity contribution >= 4 is 11.7 Å². The lowest BCUT2D eigenvalue weighted by Gasteiger charge is -2.23. The Hall–Kier alpha value is -0.860. The van der Waals surface area contributed by atoms with Gasteiger partial charge in [-0.25, -0.2) is 0 Å². The molecule has 0 radical (unpaired) electrons. The highest BCUT2D eigenvalue weighted by Gasteiger charge is 2.19. The van der Waals surface area contributed by atoms with E-state index in [1.165, 1.54) is 6.92 Å². The maximum atomic E-state index is 11.6. The number of rotatable bonds is 5. The molecule has 2 unspecified atom stereocenters. The van der Waals surface area contributed by atoms with Crippen molar-refractivity contribution in [1.82, 2.24) is 5.32 Å². The first-order chi connectivity index (χ1) is 7.11. The van der Waals surface area contributed by atoms with Gasteiger partial charge in [0.15, 0.2) is 5.78 Å². The molecule has 0 bridgehead atoms. The van der Waals surface area contributed by atoms with Gasteiger partial charge in [-0.15, -0.1) is 0 Å². The lowest BCUT2D eigenvalue weighted by molar-refractivity contribution is -0.127. The second kappa shape index (κ2) is 6.02. The topological polar surface area (TPSA) is 46.2 Å². The van der Waals surface area contributed by atoms with Crippen molar-refractivity contribution < 1.29 is 9.59 Å². The van der Waals surface area contributed by atoms with Crippen molar-refractivity contribution in [2.24, 2.45) is 11.3 Å². The minimum Gasteiger partial charge on any atom is -0.347 e. The molecule has 0 saturated heterocycles. The lowest BCUT2D eigenvalue weighted by atomic mass is 9.84. The predicted molar refractivity (Wildman–Crippen MR) is 66.1 cm³/mol. The van der Waals surface area contributed by atoms with Crippen LogP contribution in [0.2, 0.25) is 0 Å². The molecule has 0 aliphatic rings. The highest BCUT2D eigenvalue weighted by Crippen LogP contribution is 2.25. The monoisotopic (exact) mass is 227 g/mol. The summed E-state index contributed by atoms with van der Waals surface area (Å²) < 4.78 is 0. The number of amides is 1. The van der Waals surface area contributed by atoms with Crippen LogP contribution in [0.3, 0.4) is 0 Å². The van der Waals surface area contributed by atoms with E-state index in [1.807, 2.05) is 0 Å². The standard InChI is InChI=1S/C13H25NO2/c1-9(8-13(4,5)6)7-12(16)14-10(2)11(3)15/h9-10H,7-8H2,1-6H3,(H,14,16). The zero-order chi connectivity index (χ0) is 12.9. The van der Waals surface area contributed by atoms with Crippen LogP contribution in [-0.2, 0) is 9.59 Å². The third-order valence-electron chi connectivity index (χ3n) is 2.48. The summed E-state index contributed by atoms with van der Waals surface area (Å²) >= 11 is 0. The first-order valence-electron chi connectivity index (χ1n) is 5.91. The molecule has 1 N–H and O–H groups in total. The highest BCUT2D eigenvalue weighted by atomic mass is 16.2. The molecule has 0 aromatic carbocycles. The van der Waals surface area contributed by atoms with Gasteiger partial charge in [0.2, 0.25) is 5.91 Å². The minimum atomic E-state index is -0.366. The van der Waals surface area contributed by atoms with E-state index in [-0.39, 0.29) is 23.1 Å². The van der Waals surface area contributed by atoms with Gasteiger partial charge in [0.1, 0.15) is 0 Å². The number of nitrogens with one attached hydrogen (secondary N) is 1. The fraction of sp³-hybridized carbons (Fsp3) is 0.846. The largest absolute Gasteiger partial charge is 0.347 e. The van der Waals surface area contributed by atoms with Crippen LogP contribution in [0.5, 0.6) is 0 Å². The van der Waals surface area contributed by atoms with E-state index >= 15 is 0 Å². The van der Waals surface area contributed by atoms with Gasteiger partial charge in [0.25, 0.3) is 0 Å². The smallest absolute Gasteiger partial charge is 0.220 e. The highest BCUT2D eigenvalue weighted by molar-refractivity contribution is 5.87. The van der Waals surface area contributed by atoms with Gasteiger partial charge in [-0.2, -0.15) is 0 Å². The molecular formula is C13H25NO2. The average molecular weight is 227 g/mol. The van der Waals surface area contributed by atoms with Gasteiger partial charge in [-0.1, -0.05) is 27.7 Å². The zero-order valence-electron chi connectivity index (χ0n) is 11.4. The molecule has 0 heterocycles. The molecule has 0 saturated carbocycles. The summed E-state index contributed by atoms with van der Waals surface area (Å²) in [6.45, 7) is 11.8. The maximum Gasteiger partial charge on any atom is 0.220 e. The van der Waals surface area contributed by atoms with Gasteiger partial charge in [0.05, 0.1) is 6.04 Å². The quantitative estimate of drug-likeness (QED) is 0.784. The van der Waals surface area contributed by atoms with Crippen molar-refractivity contribution in [3.63, 3.8) is 0 Å². The van der Waals surface area contributed by atoms with Crippen LogP contribution >= 0.6 is 0 Å². The van der Waals surface area contributed by atoms with E-state index in [0.717, 1.165) is 6.42 Å². The van der Waals surface area contributed by atoms with Gasteiger partial charge in [-0.05, 0) is 31.6 Å². The summed E-state index contributed by atoms with van der Waals surface area (Å²) in [7, 11) is 0. The molecule has 16 heavy (non-hydrogen) atoms. The van der Waals surface area contributed by atoms with E-state index < -0.39 is 0 Å². The van der Waals surface area contributed by atoms with Crippen LogP contribution in [0, 0.1) is 11.3 Å². The molecule has 94 valence electrons. The second-order valence-corrected chi connectivity index (χ2v) is 5.97. The Morgan fingerprint density at radius 1 is 1.19 bits per heavy atom. The molecule has 0 aliphatic heterocycles. The normalized spacial score (nSPS) is 15.4. The van der Waals surface area contributed by atoms with Gasteiger partial charge in [-0.3, -0.25) is 9.59 Å². The number of hydrogen-bond donors (Lipinski definition) is 1. The van der Waals surface area contributed by atoms with E-state index in [4.69, 9.17) is 0 Å². The molecule has 0 aromatic rings. The van der Waals surface area contributed by atoms with Crippen molar-refractivity contribution in [2.75, 3.05) is 0 Å². The molecule has 0 rings (SSSR count). The molecule has 0 aromatic heterocycles. The Morgan fingerprint density at radius 3 is 2.06 bits per heavy atom. The van der Waals surface area contributed by atoms with Gasteiger partial charge in [0, 0.05) is 6.42 Å². The molecule has 3 nitrogen and oxygen atoms in total. The minimum absolute atomic E-state index is 0.00294. The van der Waals surface area contributed by atoms with Crippen LogP contribution < -0.4 is 5.32 Å². The first-order valence-corrected chi connectivity index (χ1v) is 5.91. The molecular weight excluding hydrogens is 202 g/mol. The summed E-state index contributed by atoms with van der Waals surface area (Å²) in [5.41, 5.74) is 0.242. The van der Waals surface area contributed by atoms with Gasteiger partial charge < -0.3 is 5.32 Å². The Balaban J connectivity index is 4.01. The fourth-order valence-corrected chi connectivity index (χ4v) is 1.84. The van der Waals surface area contributed by atoms with Crippen LogP contribution in [-0.4, -0.2) is 17.7 Å². The summed E-state index contributed by atoms with van der Waals surface area (Å²) in [5.74, 6) is 0.315. The lowest BCUT2D eigenvalue weighted by Crippen LogP contribution is -2.38. The van der Waals surface area contributed by atoms with Crippen molar-refractivity contribution in [3.8, 4) is 0 Å². The summed E-state index contributed by atoms with van der Waals surface area (Å²) in [5, 5.41) is 2.71. The average Bonchev–Trinajstić information content (AvgIpc) is 1.98. The van der Waals surface area contributed by atoms with Crippen LogP contribution in [0.15, 0.2) is 0 Å². The van der Waals surface area contributed by atoms with Crippen LogP contribution in [0.25, 0.3) is 0 Å². The fourth-order valence-electron chi connectivity index (χ4n) is 1.84. The summed E-state index contributed by atoms with van der Waals surface area (Å²) in [6.07, 6.45) is 1.50. The van der Waals surface area contributed by atoms with E-state index in [9.17, 15) is 9.59 Å². The Bertz CT molecular complexity index is 253. The van der Waals surface area contributed by atoms with E-state index in [0.29, 0.717) is 12.3 Å². The number of carbonyl (C=O) groups is 2.